The monoisotopic (exact) mass is 448 g/mol. The number of nitrogens with zero attached hydrogens (tertiary/aromatic N) is 1. The van der Waals surface area contributed by atoms with E-state index in [-0.39, 0.29) is 12.5 Å². The van der Waals surface area contributed by atoms with Crippen molar-refractivity contribution in [3.05, 3.63) is 70.3 Å². The highest BCUT2D eigenvalue weighted by Crippen LogP contribution is 2.41. The molecule has 0 radical (unpaired) electrons. The molecular formula is C29H40N2O2. The van der Waals surface area contributed by atoms with E-state index in [4.69, 9.17) is 0 Å². The first-order valence-electron chi connectivity index (χ1n) is 12.7. The van der Waals surface area contributed by atoms with E-state index in [2.05, 4.69) is 43.1 Å². The van der Waals surface area contributed by atoms with Gasteiger partial charge in [0.2, 0.25) is 0 Å². The van der Waals surface area contributed by atoms with Gasteiger partial charge >= 0.3 is 0 Å². The second-order valence-electron chi connectivity index (χ2n) is 10.8. The molecule has 1 aliphatic carbocycles. The summed E-state index contributed by atoms with van der Waals surface area (Å²) in [6.07, 6.45) is 5.40. The summed E-state index contributed by atoms with van der Waals surface area (Å²) in [7, 11) is 0. The molecule has 2 aromatic carbocycles. The lowest BCUT2D eigenvalue weighted by Gasteiger charge is -2.34. The van der Waals surface area contributed by atoms with Crippen molar-refractivity contribution in [3.8, 4) is 0 Å². The Balaban J connectivity index is 1.47. The summed E-state index contributed by atoms with van der Waals surface area (Å²) in [4.78, 5) is 15.7. The van der Waals surface area contributed by atoms with E-state index in [0.717, 1.165) is 36.1 Å². The van der Waals surface area contributed by atoms with Crippen molar-refractivity contribution in [2.24, 2.45) is 17.8 Å². The highest BCUT2D eigenvalue weighted by atomic mass is 16.3. The van der Waals surface area contributed by atoms with Gasteiger partial charge in [-0.2, -0.15) is 0 Å². The molecule has 2 aromatic rings. The molecule has 0 saturated heterocycles. The van der Waals surface area contributed by atoms with E-state index in [1.807, 2.05) is 37.3 Å². The average Bonchev–Trinajstić information content (AvgIpc) is 3.16. The maximum atomic E-state index is 13.1. The van der Waals surface area contributed by atoms with Crippen LogP contribution in [0.5, 0.6) is 0 Å². The molecular weight excluding hydrogens is 408 g/mol. The molecule has 0 bridgehead atoms. The van der Waals surface area contributed by atoms with Crippen molar-refractivity contribution in [1.29, 1.82) is 0 Å². The molecule has 1 heterocycles. The zero-order valence-electron chi connectivity index (χ0n) is 20.7. The number of nitrogens with one attached hydrogen (secondary N) is 1. The van der Waals surface area contributed by atoms with Crippen LogP contribution >= 0.6 is 0 Å². The highest BCUT2D eigenvalue weighted by Gasteiger charge is 2.34. The Bertz CT molecular complexity index is 945. The molecule has 178 valence electrons. The zero-order valence-corrected chi connectivity index (χ0v) is 20.7. The fourth-order valence-corrected chi connectivity index (χ4v) is 5.76. The molecule has 0 aromatic heterocycles. The lowest BCUT2D eigenvalue weighted by atomic mass is 9.82. The van der Waals surface area contributed by atoms with E-state index in [0.29, 0.717) is 17.5 Å². The number of carbonyl (C=O) groups excluding carboxylic acids is 1. The summed E-state index contributed by atoms with van der Waals surface area (Å²) < 4.78 is 0. The highest BCUT2D eigenvalue weighted by molar-refractivity contribution is 5.94. The molecule has 33 heavy (non-hydrogen) atoms. The van der Waals surface area contributed by atoms with E-state index >= 15 is 0 Å². The number of aliphatic hydroxyl groups excluding tert-OH is 1. The second-order valence-corrected chi connectivity index (χ2v) is 10.8. The number of hydrogen-bond acceptors (Lipinski definition) is 3. The molecule has 1 aliphatic heterocycles. The van der Waals surface area contributed by atoms with Crippen LogP contribution in [0.3, 0.4) is 0 Å². The molecule has 1 amide bonds. The Hall–Kier alpha value is -2.17. The van der Waals surface area contributed by atoms with Gasteiger partial charge in [0.15, 0.2) is 0 Å². The molecule has 2 atom stereocenters. The maximum absolute atomic E-state index is 13.1. The fraction of sp³-hybridized carbons (Fsp3) is 0.552. The third-order valence-corrected chi connectivity index (χ3v) is 7.72. The zero-order chi connectivity index (χ0) is 23.5. The van der Waals surface area contributed by atoms with Gasteiger partial charge < -0.3 is 10.4 Å². The van der Waals surface area contributed by atoms with Crippen molar-refractivity contribution in [2.45, 2.75) is 72.0 Å². The quantitative estimate of drug-likeness (QED) is 0.563. The number of amides is 1. The molecule has 0 unspecified atom stereocenters. The Labute approximate surface area is 199 Å². The first-order valence-corrected chi connectivity index (χ1v) is 12.7. The van der Waals surface area contributed by atoms with Gasteiger partial charge in [0.05, 0.1) is 12.6 Å². The van der Waals surface area contributed by atoms with E-state index < -0.39 is 6.04 Å². The molecule has 4 heteroatoms. The minimum atomic E-state index is -0.403. The van der Waals surface area contributed by atoms with Gasteiger partial charge in [0.1, 0.15) is 0 Å². The second kappa shape index (κ2) is 10.4. The predicted octanol–water partition coefficient (Wildman–Crippen LogP) is 5.80. The third-order valence-electron chi connectivity index (χ3n) is 7.72. The molecule has 1 fully saturated rings. The van der Waals surface area contributed by atoms with Crippen LogP contribution in [-0.4, -0.2) is 29.1 Å². The van der Waals surface area contributed by atoms with Gasteiger partial charge in [-0.05, 0) is 66.3 Å². The minimum absolute atomic E-state index is 0.122. The molecule has 1 saturated carbocycles. The standard InChI is InChI=1S/C29H40N2O2/c1-19(2)28-26-14-13-24(29(33)30-27(18-32)23-11-7-21(4)8-12-23)15-25(26)17-31(28)16-22-9-5-20(3)6-10-22/h7-8,11-15,19-20,22,27-28,32H,5-6,9-10,16-18H2,1-4H3,(H,30,33)/t20-,22-,27-,28-/m0/s1. The Morgan fingerprint density at radius 2 is 1.79 bits per heavy atom. The lowest BCUT2D eigenvalue weighted by Crippen LogP contribution is -2.32. The van der Waals surface area contributed by atoms with Gasteiger partial charge in [0.25, 0.3) is 5.91 Å². The topological polar surface area (TPSA) is 52.6 Å². The summed E-state index contributed by atoms with van der Waals surface area (Å²) in [5.74, 6) is 2.08. The molecule has 4 nitrogen and oxygen atoms in total. The number of rotatable bonds is 7. The number of aliphatic hydroxyl groups is 1. The van der Waals surface area contributed by atoms with Crippen molar-refractivity contribution in [1.82, 2.24) is 10.2 Å². The van der Waals surface area contributed by atoms with E-state index in [9.17, 15) is 9.90 Å². The van der Waals surface area contributed by atoms with Gasteiger partial charge in [-0.1, -0.05) is 69.5 Å². The normalized spacial score (nSPS) is 24.0. The minimum Gasteiger partial charge on any atom is -0.394 e. The van der Waals surface area contributed by atoms with Crippen LogP contribution in [0.2, 0.25) is 0 Å². The first-order chi connectivity index (χ1) is 15.9. The largest absolute Gasteiger partial charge is 0.394 e. The molecule has 2 N–H and O–H groups in total. The first kappa shape index (κ1) is 24.0. The smallest absolute Gasteiger partial charge is 0.251 e. The molecule has 2 aliphatic rings. The summed E-state index contributed by atoms with van der Waals surface area (Å²) in [6, 6.07) is 14.2. The number of benzene rings is 2. The average molecular weight is 449 g/mol. The van der Waals surface area contributed by atoms with E-state index in [1.54, 1.807) is 0 Å². The van der Waals surface area contributed by atoms with Crippen LogP contribution in [0.4, 0.5) is 0 Å². The number of hydrogen-bond donors (Lipinski definition) is 2. The lowest BCUT2D eigenvalue weighted by molar-refractivity contribution is 0.0916. The van der Waals surface area contributed by atoms with Crippen molar-refractivity contribution < 1.29 is 9.90 Å². The Morgan fingerprint density at radius 1 is 1.09 bits per heavy atom. The van der Waals surface area contributed by atoms with Crippen LogP contribution in [0.25, 0.3) is 0 Å². The van der Waals surface area contributed by atoms with Crippen LogP contribution in [0, 0.1) is 24.7 Å². The Morgan fingerprint density at radius 3 is 2.42 bits per heavy atom. The van der Waals surface area contributed by atoms with Crippen LogP contribution in [0.1, 0.15) is 91.1 Å². The molecule has 4 rings (SSSR count). The van der Waals surface area contributed by atoms with Crippen LogP contribution in [0.15, 0.2) is 42.5 Å². The third kappa shape index (κ3) is 5.50. The number of carbonyl (C=O) groups is 1. The predicted molar refractivity (Wildman–Crippen MR) is 134 cm³/mol. The van der Waals surface area contributed by atoms with Crippen molar-refractivity contribution >= 4 is 5.91 Å². The van der Waals surface area contributed by atoms with Gasteiger partial charge in [-0.3, -0.25) is 9.69 Å². The maximum Gasteiger partial charge on any atom is 0.251 e. The number of fused-ring (bicyclic) bond motifs is 1. The van der Waals surface area contributed by atoms with Crippen molar-refractivity contribution in [2.75, 3.05) is 13.2 Å². The Kier molecular flexibility index (Phi) is 7.55. The number of aryl methyl sites for hydroxylation is 1. The summed E-state index contributed by atoms with van der Waals surface area (Å²) in [6.45, 7) is 11.0. The fourth-order valence-electron chi connectivity index (χ4n) is 5.76. The summed E-state index contributed by atoms with van der Waals surface area (Å²) in [5.41, 5.74) is 5.41. The summed E-state index contributed by atoms with van der Waals surface area (Å²) in [5, 5.41) is 12.9. The van der Waals surface area contributed by atoms with Gasteiger partial charge in [0, 0.05) is 24.7 Å². The molecule has 0 spiro atoms. The van der Waals surface area contributed by atoms with Gasteiger partial charge in [-0.25, -0.2) is 0 Å². The van der Waals surface area contributed by atoms with Crippen LogP contribution < -0.4 is 5.32 Å². The summed E-state index contributed by atoms with van der Waals surface area (Å²) >= 11 is 0. The van der Waals surface area contributed by atoms with Gasteiger partial charge in [-0.15, -0.1) is 0 Å². The van der Waals surface area contributed by atoms with Crippen LogP contribution in [-0.2, 0) is 6.54 Å². The van der Waals surface area contributed by atoms with E-state index in [1.165, 1.54) is 36.8 Å². The SMILES string of the molecule is Cc1ccc([C@H](CO)NC(=O)c2ccc3c(c2)CN(C[C@H]2CC[C@H](C)CC2)[C@H]3C(C)C)cc1. The van der Waals surface area contributed by atoms with Crippen molar-refractivity contribution in [3.63, 3.8) is 0 Å².